The molecule has 0 bridgehead atoms. The minimum absolute atomic E-state index is 0.125. The van der Waals surface area contributed by atoms with Crippen LogP contribution in [0.5, 0.6) is 0 Å². The smallest absolute Gasteiger partial charge is 0.338 e. The number of esters is 1. The molecule has 2 heterocycles. The largest absolute Gasteiger partial charge is 0.472 e. The Morgan fingerprint density at radius 3 is 2.73 bits per heavy atom. The van der Waals surface area contributed by atoms with Crippen LogP contribution in [0, 0.1) is 0 Å². The van der Waals surface area contributed by atoms with Crippen molar-refractivity contribution in [1.29, 1.82) is 0 Å². The molecule has 1 aromatic carbocycles. The highest BCUT2D eigenvalue weighted by atomic mass is 16.5. The minimum Gasteiger partial charge on any atom is -0.472 e. The predicted molar refractivity (Wildman–Crippen MR) is 79.7 cm³/mol. The lowest BCUT2D eigenvalue weighted by molar-refractivity contribution is -0.116. The van der Waals surface area contributed by atoms with Crippen LogP contribution in [0.4, 0.5) is 5.69 Å². The van der Waals surface area contributed by atoms with Gasteiger partial charge >= 0.3 is 5.97 Å². The molecule has 0 N–H and O–H groups in total. The van der Waals surface area contributed by atoms with Crippen molar-refractivity contribution < 1.29 is 18.7 Å². The SMILES string of the molecule is CCOC(=O)c1ccc(N2N=C(c3ccoc3)CC2=O)cc1. The number of carbonyl (C=O) groups excluding carboxylic acids is 2. The number of nitrogens with zero attached hydrogens (tertiary/aromatic N) is 2. The van der Waals surface area contributed by atoms with Gasteiger partial charge in [0.2, 0.25) is 0 Å². The highest BCUT2D eigenvalue weighted by molar-refractivity contribution is 6.19. The van der Waals surface area contributed by atoms with E-state index < -0.39 is 0 Å². The number of rotatable bonds is 4. The molecule has 0 saturated carbocycles. The third kappa shape index (κ3) is 2.63. The van der Waals surface area contributed by atoms with Gasteiger partial charge in [-0.3, -0.25) is 4.79 Å². The predicted octanol–water partition coefficient (Wildman–Crippen LogP) is 2.60. The first kappa shape index (κ1) is 14.1. The van der Waals surface area contributed by atoms with Crippen LogP contribution in [0.1, 0.15) is 29.3 Å². The van der Waals surface area contributed by atoms with Crippen molar-refractivity contribution in [2.24, 2.45) is 5.10 Å². The van der Waals surface area contributed by atoms with E-state index in [1.807, 2.05) is 0 Å². The van der Waals surface area contributed by atoms with Crippen LogP contribution in [-0.2, 0) is 9.53 Å². The molecule has 1 aliphatic rings. The molecule has 1 aromatic heterocycles. The molecule has 6 heteroatoms. The van der Waals surface area contributed by atoms with Crippen molar-refractivity contribution in [3.05, 3.63) is 54.0 Å². The van der Waals surface area contributed by atoms with E-state index in [0.29, 0.717) is 23.6 Å². The van der Waals surface area contributed by atoms with Crippen LogP contribution in [0.2, 0.25) is 0 Å². The van der Waals surface area contributed by atoms with Gasteiger partial charge in [0.15, 0.2) is 0 Å². The fourth-order valence-corrected chi connectivity index (χ4v) is 2.17. The molecule has 0 unspecified atom stereocenters. The van der Waals surface area contributed by atoms with E-state index in [2.05, 4.69) is 5.10 Å². The fraction of sp³-hybridized carbons (Fsp3) is 0.188. The molecule has 0 radical (unpaired) electrons. The molecule has 112 valence electrons. The van der Waals surface area contributed by atoms with E-state index in [1.165, 1.54) is 5.01 Å². The summed E-state index contributed by atoms with van der Waals surface area (Å²) in [4.78, 5) is 23.7. The van der Waals surface area contributed by atoms with Crippen molar-refractivity contribution in [2.75, 3.05) is 11.6 Å². The molecular weight excluding hydrogens is 284 g/mol. The van der Waals surface area contributed by atoms with Gasteiger partial charge in [-0.15, -0.1) is 0 Å². The Kier molecular flexibility index (Phi) is 3.74. The Morgan fingerprint density at radius 1 is 1.32 bits per heavy atom. The van der Waals surface area contributed by atoms with Crippen LogP contribution in [0.3, 0.4) is 0 Å². The van der Waals surface area contributed by atoms with E-state index in [-0.39, 0.29) is 18.3 Å². The van der Waals surface area contributed by atoms with E-state index in [4.69, 9.17) is 9.15 Å². The van der Waals surface area contributed by atoms with Gasteiger partial charge in [-0.1, -0.05) is 0 Å². The molecule has 0 spiro atoms. The average molecular weight is 298 g/mol. The van der Waals surface area contributed by atoms with E-state index in [9.17, 15) is 9.59 Å². The number of benzene rings is 1. The Labute approximate surface area is 127 Å². The van der Waals surface area contributed by atoms with Crippen LogP contribution in [0.15, 0.2) is 52.4 Å². The quantitative estimate of drug-likeness (QED) is 0.813. The number of hydrogen-bond donors (Lipinski definition) is 0. The van der Waals surface area contributed by atoms with Gasteiger partial charge < -0.3 is 9.15 Å². The monoisotopic (exact) mass is 298 g/mol. The number of ether oxygens (including phenoxy) is 1. The summed E-state index contributed by atoms with van der Waals surface area (Å²) in [6.45, 7) is 2.07. The Bertz CT molecular complexity index is 717. The van der Waals surface area contributed by atoms with Gasteiger partial charge in [-0.2, -0.15) is 5.10 Å². The average Bonchev–Trinajstić information content (AvgIpc) is 3.17. The second-order valence-corrected chi connectivity index (χ2v) is 4.71. The molecule has 0 atom stereocenters. The Morgan fingerprint density at radius 2 is 2.09 bits per heavy atom. The van der Waals surface area contributed by atoms with E-state index in [0.717, 1.165) is 5.56 Å². The number of hydrazone groups is 1. The lowest BCUT2D eigenvalue weighted by Gasteiger charge is -2.11. The van der Waals surface area contributed by atoms with Gasteiger partial charge in [-0.05, 0) is 37.3 Å². The van der Waals surface area contributed by atoms with Crippen molar-refractivity contribution in [3.63, 3.8) is 0 Å². The van der Waals surface area contributed by atoms with Gasteiger partial charge in [-0.25, -0.2) is 9.80 Å². The molecule has 3 rings (SSSR count). The minimum atomic E-state index is -0.385. The highest BCUT2D eigenvalue weighted by Gasteiger charge is 2.26. The fourth-order valence-electron chi connectivity index (χ4n) is 2.17. The Balaban J connectivity index is 1.82. The maximum atomic E-state index is 12.1. The maximum absolute atomic E-state index is 12.1. The van der Waals surface area contributed by atoms with E-state index in [1.54, 1.807) is 49.8 Å². The van der Waals surface area contributed by atoms with Crippen molar-refractivity contribution >= 4 is 23.3 Å². The third-order valence-electron chi connectivity index (χ3n) is 3.25. The summed E-state index contributed by atoms with van der Waals surface area (Å²) in [6.07, 6.45) is 3.32. The summed E-state index contributed by atoms with van der Waals surface area (Å²) in [5.74, 6) is -0.510. The number of carbonyl (C=O) groups is 2. The molecule has 2 aromatic rings. The normalized spacial score (nSPS) is 14.1. The van der Waals surface area contributed by atoms with Crippen LogP contribution in [-0.4, -0.2) is 24.2 Å². The molecule has 1 amide bonds. The van der Waals surface area contributed by atoms with Crippen molar-refractivity contribution in [1.82, 2.24) is 0 Å². The first-order chi connectivity index (χ1) is 10.7. The molecule has 22 heavy (non-hydrogen) atoms. The second-order valence-electron chi connectivity index (χ2n) is 4.71. The van der Waals surface area contributed by atoms with Crippen LogP contribution < -0.4 is 5.01 Å². The lowest BCUT2D eigenvalue weighted by atomic mass is 10.1. The number of hydrogen-bond acceptors (Lipinski definition) is 5. The van der Waals surface area contributed by atoms with E-state index >= 15 is 0 Å². The zero-order valence-electron chi connectivity index (χ0n) is 12.0. The zero-order chi connectivity index (χ0) is 15.5. The summed E-state index contributed by atoms with van der Waals surface area (Å²) in [6, 6.07) is 8.34. The third-order valence-corrected chi connectivity index (χ3v) is 3.25. The summed E-state index contributed by atoms with van der Waals surface area (Å²) in [5, 5.41) is 5.65. The zero-order valence-corrected chi connectivity index (χ0v) is 12.0. The number of furan rings is 1. The molecule has 0 aliphatic carbocycles. The summed E-state index contributed by atoms with van der Waals surface area (Å²) >= 11 is 0. The van der Waals surface area contributed by atoms with Gasteiger partial charge in [0.25, 0.3) is 5.91 Å². The first-order valence-electron chi connectivity index (χ1n) is 6.89. The molecule has 1 aliphatic heterocycles. The van der Waals surface area contributed by atoms with Crippen LogP contribution in [0.25, 0.3) is 0 Å². The lowest BCUT2D eigenvalue weighted by Crippen LogP contribution is -2.19. The summed E-state index contributed by atoms with van der Waals surface area (Å²) < 4.78 is 9.93. The standard InChI is InChI=1S/C16H14N2O4/c1-2-22-16(20)11-3-5-13(6-4-11)18-15(19)9-14(17-18)12-7-8-21-10-12/h3-8,10H,2,9H2,1H3. The van der Waals surface area contributed by atoms with Crippen molar-refractivity contribution in [3.8, 4) is 0 Å². The molecular formula is C16H14N2O4. The maximum Gasteiger partial charge on any atom is 0.338 e. The van der Waals surface area contributed by atoms with Crippen LogP contribution >= 0.6 is 0 Å². The molecule has 0 saturated heterocycles. The topological polar surface area (TPSA) is 72.1 Å². The molecule has 6 nitrogen and oxygen atoms in total. The molecule has 0 fully saturated rings. The summed E-state index contributed by atoms with van der Waals surface area (Å²) in [7, 11) is 0. The van der Waals surface area contributed by atoms with Gasteiger partial charge in [0, 0.05) is 5.56 Å². The highest BCUT2D eigenvalue weighted by Crippen LogP contribution is 2.23. The first-order valence-corrected chi connectivity index (χ1v) is 6.89. The Hall–Kier alpha value is -2.89. The van der Waals surface area contributed by atoms with Gasteiger partial charge in [0.1, 0.15) is 0 Å². The van der Waals surface area contributed by atoms with Gasteiger partial charge in [0.05, 0.1) is 42.5 Å². The van der Waals surface area contributed by atoms with Crippen molar-refractivity contribution in [2.45, 2.75) is 13.3 Å². The second kappa shape index (κ2) is 5.85. The number of amides is 1. The number of anilines is 1. The summed E-state index contributed by atoms with van der Waals surface area (Å²) in [5.41, 5.74) is 2.50.